The molecule has 1 aliphatic carbocycles. The van der Waals surface area contributed by atoms with E-state index >= 15 is 0 Å². The molecular formula is C13H24INO. The maximum absolute atomic E-state index is 12.2. The maximum Gasteiger partial charge on any atom is 0.223 e. The highest BCUT2D eigenvalue weighted by atomic mass is 127. The van der Waals surface area contributed by atoms with Crippen molar-refractivity contribution in [2.75, 3.05) is 4.43 Å². The quantitative estimate of drug-likeness (QED) is 0.618. The zero-order valence-corrected chi connectivity index (χ0v) is 13.0. The monoisotopic (exact) mass is 337 g/mol. The summed E-state index contributed by atoms with van der Waals surface area (Å²) in [6.07, 6.45) is 3.44. The van der Waals surface area contributed by atoms with Gasteiger partial charge in [-0.25, -0.2) is 0 Å². The van der Waals surface area contributed by atoms with Crippen molar-refractivity contribution >= 4 is 28.5 Å². The van der Waals surface area contributed by atoms with Crippen LogP contribution in [0.4, 0.5) is 0 Å². The van der Waals surface area contributed by atoms with E-state index in [4.69, 9.17) is 0 Å². The normalized spacial score (nSPS) is 25.8. The van der Waals surface area contributed by atoms with E-state index in [1.807, 2.05) is 0 Å². The smallest absolute Gasteiger partial charge is 0.223 e. The minimum Gasteiger partial charge on any atom is -0.352 e. The van der Waals surface area contributed by atoms with Crippen molar-refractivity contribution in [1.82, 2.24) is 5.32 Å². The van der Waals surface area contributed by atoms with E-state index in [-0.39, 0.29) is 17.2 Å². The van der Waals surface area contributed by atoms with Crippen molar-refractivity contribution in [3.05, 3.63) is 0 Å². The summed E-state index contributed by atoms with van der Waals surface area (Å²) < 4.78 is 0.994. The Bertz CT molecular complexity index is 250. The van der Waals surface area contributed by atoms with Crippen LogP contribution in [0.2, 0.25) is 0 Å². The van der Waals surface area contributed by atoms with Crippen molar-refractivity contribution in [1.29, 1.82) is 0 Å². The average Bonchev–Trinajstić information content (AvgIpc) is 2.53. The molecule has 0 spiro atoms. The minimum atomic E-state index is 0.191. The summed E-state index contributed by atoms with van der Waals surface area (Å²) in [7, 11) is 0. The number of rotatable bonds is 4. The zero-order chi connectivity index (χ0) is 12.3. The van der Waals surface area contributed by atoms with E-state index < -0.39 is 0 Å². The molecule has 1 aliphatic rings. The fourth-order valence-corrected chi connectivity index (χ4v) is 3.72. The van der Waals surface area contributed by atoms with Crippen LogP contribution in [0.1, 0.15) is 47.0 Å². The van der Waals surface area contributed by atoms with E-state index in [0.29, 0.717) is 12.0 Å². The Labute approximate surface area is 113 Å². The highest BCUT2D eigenvalue weighted by molar-refractivity contribution is 14.1. The van der Waals surface area contributed by atoms with Crippen molar-refractivity contribution in [2.24, 2.45) is 17.3 Å². The van der Waals surface area contributed by atoms with Gasteiger partial charge in [-0.3, -0.25) is 4.79 Å². The van der Waals surface area contributed by atoms with E-state index in [1.54, 1.807) is 0 Å². The Kier molecular flexibility index (Phi) is 5.08. The second kappa shape index (κ2) is 5.69. The van der Waals surface area contributed by atoms with Crippen LogP contribution >= 0.6 is 22.6 Å². The Hall–Kier alpha value is 0.200. The Morgan fingerprint density at radius 1 is 1.50 bits per heavy atom. The molecule has 0 radical (unpaired) electrons. The van der Waals surface area contributed by atoms with Crippen molar-refractivity contribution in [2.45, 2.75) is 53.0 Å². The summed E-state index contributed by atoms with van der Waals surface area (Å²) in [6, 6.07) is 0.324. The lowest BCUT2D eigenvalue weighted by Crippen LogP contribution is -2.45. The maximum atomic E-state index is 12.2. The van der Waals surface area contributed by atoms with Gasteiger partial charge in [-0.05, 0) is 24.2 Å². The Morgan fingerprint density at radius 3 is 2.50 bits per heavy atom. The van der Waals surface area contributed by atoms with Crippen LogP contribution in [0.5, 0.6) is 0 Å². The average molecular weight is 337 g/mol. The molecule has 0 aromatic rings. The van der Waals surface area contributed by atoms with Gasteiger partial charge in [0.05, 0.1) is 0 Å². The van der Waals surface area contributed by atoms with Crippen LogP contribution in [-0.4, -0.2) is 16.4 Å². The second-order valence-electron chi connectivity index (χ2n) is 5.95. The fraction of sp³-hybridized carbons (Fsp3) is 0.923. The van der Waals surface area contributed by atoms with Crippen molar-refractivity contribution < 1.29 is 4.79 Å². The van der Waals surface area contributed by atoms with Crippen LogP contribution in [-0.2, 0) is 4.79 Å². The van der Waals surface area contributed by atoms with Gasteiger partial charge in [0.2, 0.25) is 5.91 Å². The Morgan fingerprint density at radius 2 is 2.12 bits per heavy atom. The third-order valence-electron chi connectivity index (χ3n) is 3.87. The highest BCUT2D eigenvalue weighted by Gasteiger charge is 2.39. The molecule has 1 rings (SSSR count). The number of nitrogens with one attached hydrogen (secondary N) is 1. The van der Waals surface area contributed by atoms with Crippen molar-refractivity contribution in [3.8, 4) is 0 Å². The third kappa shape index (κ3) is 3.34. The summed E-state index contributed by atoms with van der Waals surface area (Å²) >= 11 is 2.36. The van der Waals surface area contributed by atoms with Crippen LogP contribution in [0.15, 0.2) is 0 Å². The van der Waals surface area contributed by atoms with Gasteiger partial charge in [0.1, 0.15) is 0 Å². The van der Waals surface area contributed by atoms with Gasteiger partial charge in [-0.2, -0.15) is 0 Å². The van der Waals surface area contributed by atoms with Crippen LogP contribution in [0.25, 0.3) is 0 Å². The summed E-state index contributed by atoms with van der Waals surface area (Å²) in [5, 5.41) is 3.22. The van der Waals surface area contributed by atoms with Gasteiger partial charge in [0.15, 0.2) is 0 Å². The molecule has 2 unspecified atom stereocenters. The highest BCUT2D eigenvalue weighted by Crippen LogP contribution is 2.42. The molecule has 0 bridgehead atoms. The number of alkyl halides is 1. The number of carbonyl (C=O) groups excluding carboxylic acids is 1. The van der Waals surface area contributed by atoms with Crippen LogP contribution in [0, 0.1) is 17.3 Å². The standard InChI is InChI=1S/C13H24INO/c1-9(2)11(8-14)15-12(16)10-6-5-7-13(10,3)4/h9-11H,5-8H2,1-4H3,(H,15,16). The molecule has 0 heterocycles. The van der Waals surface area contributed by atoms with Crippen molar-refractivity contribution in [3.63, 3.8) is 0 Å². The molecule has 1 amide bonds. The van der Waals surface area contributed by atoms with Gasteiger partial charge in [0.25, 0.3) is 0 Å². The van der Waals surface area contributed by atoms with Gasteiger partial charge in [0, 0.05) is 16.4 Å². The van der Waals surface area contributed by atoms with Gasteiger partial charge in [-0.1, -0.05) is 56.7 Å². The summed E-state index contributed by atoms with van der Waals surface area (Å²) in [5.74, 6) is 1.01. The molecule has 1 N–H and O–H groups in total. The summed E-state index contributed by atoms with van der Waals surface area (Å²) in [6.45, 7) is 8.78. The Balaban J connectivity index is 2.58. The number of hydrogen-bond donors (Lipinski definition) is 1. The number of halogens is 1. The lowest BCUT2D eigenvalue weighted by atomic mass is 9.81. The number of amides is 1. The first-order valence-corrected chi connectivity index (χ1v) is 7.77. The number of hydrogen-bond acceptors (Lipinski definition) is 1. The molecule has 0 saturated heterocycles. The topological polar surface area (TPSA) is 29.1 Å². The minimum absolute atomic E-state index is 0.191. The molecule has 94 valence electrons. The molecule has 3 heteroatoms. The lowest BCUT2D eigenvalue weighted by Gasteiger charge is -2.29. The van der Waals surface area contributed by atoms with Crippen LogP contribution < -0.4 is 5.32 Å². The molecule has 2 atom stereocenters. The molecule has 0 aromatic carbocycles. The second-order valence-corrected chi connectivity index (χ2v) is 6.83. The van der Waals surface area contributed by atoms with E-state index in [9.17, 15) is 4.79 Å². The molecule has 0 aliphatic heterocycles. The molecule has 1 fully saturated rings. The van der Waals surface area contributed by atoms with E-state index in [1.165, 1.54) is 12.8 Å². The van der Waals surface area contributed by atoms with Gasteiger partial charge in [-0.15, -0.1) is 0 Å². The van der Waals surface area contributed by atoms with Crippen LogP contribution in [0.3, 0.4) is 0 Å². The zero-order valence-electron chi connectivity index (χ0n) is 10.8. The predicted octanol–water partition coefficient (Wildman–Crippen LogP) is 3.39. The largest absolute Gasteiger partial charge is 0.352 e. The number of carbonyl (C=O) groups is 1. The predicted molar refractivity (Wildman–Crippen MR) is 76.8 cm³/mol. The lowest BCUT2D eigenvalue weighted by molar-refractivity contribution is -0.128. The third-order valence-corrected chi connectivity index (χ3v) is 4.82. The molecule has 2 nitrogen and oxygen atoms in total. The summed E-state index contributed by atoms with van der Waals surface area (Å²) in [5.41, 5.74) is 0.191. The van der Waals surface area contributed by atoms with E-state index in [0.717, 1.165) is 10.8 Å². The van der Waals surface area contributed by atoms with E-state index in [2.05, 4.69) is 55.6 Å². The first-order chi connectivity index (χ1) is 7.38. The first kappa shape index (κ1) is 14.3. The molecule has 0 aromatic heterocycles. The molecule has 16 heavy (non-hydrogen) atoms. The summed E-state index contributed by atoms with van der Waals surface area (Å²) in [4.78, 5) is 12.2. The fourth-order valence-electron chi connectivity index (χ4n) is 2.48. The molecule has 1 saturated carbocycles. The SMILES string of the molecule is CC(C)C(CI)NC(=O)C1CCCC1(C)C. The first-order valence-electron chi connectivity index (χ1n) is 6.25. The molecular weight excluding hydrogens is 313 g/mol. The van der Waals surface area contributed by atoms with Gasteiger partial charge >= 0.3 is 0 Å². The van der Waals surface area contributed by atoms with Gasteiger partial charge < -0.3 is 5.32 Å².